The van der Waals surface area contributed by atoms with Crippen LogP contribution in [0.1, 0.15) is 25.3 Å². The van der Waals surface area contributed by atoms with Crippen molar-refractivity contribution in [1.29, 1.82) is 0 Å². The van der Waals surface area contributed by atoms with Gasteiger partial charge in [0.05, 0.1) is 4.75 Å². The molecule has 2 N–H and O–H groups in total. The maximum Gasteiger partial charge on any atom is 0.242 e. The molecule has 0 radical (unpaired) electrons. The molecule has 2 rings (SSSR count). The molecule has 1 saturated heterocycles. The molecule has 1 unspecified atom stereocenters. The Morgan fingerprint density at radius 3 is 2.84 bits per heavy atom. The Morgan fingerprint density at radius 2 is 2.26 bits per heavy atom. The Morgan fingerprint density at radius 1 is 1.53 bits per heavy atom. The molecule has 1 aromatic rings. The first-order valence-corrected chi connectivity index (χ1v) is 7.65. The Labute approximate surface area is 123 Å². The minimum absolute atomic E-state index is 0.148. The van der Waals surface area contributed by atoms with Gasteiger partial charge in [0.15, 0.2) is 0 Å². The summed E-state index contributed by atoms with van der Waals surface area (Å²) >= 11 is 6.72. The number of benzene rings is 1. The molecule has 5 heteroatoms. The van der Waals surface area contributed by atoms with Crippen LogP contribution in [0.2, 0.25) is 0 Å². The van der Waals surface area contributed by atoms with Crippen LogP contribution in [0.3, 0.4) is 0 Å². The lowest BCUT2D eigenvalue weighted by Gasteiger charge is -2.28. The van der Waals surface area contributed by atoms with E-state index in [4.69, 9.17) is 18.0 Å². The number of thiocarbonyl (C=S) groups is 1. The maximum atomic E-state index is 12.6. The van der Waals surface area contributed by atoms with E-state index < -0.39 is 0 Å². The molecule has 1 atom stereocenters. The van der Waals surface area contributed by atoms with Crippen molar-refractivity contribution in [3.05, 3.63) is 29.8 Å². The van der Waals surface area contributed by atoms with E-state index in [1.165, 1.54) is 0 Å². The van der Waals surface area contributed by atoms with Gasteiger partial charge in [0.25, 0.3) is 0 Å². The van der Waals surface area contributed by atoms with Gasteiger partial charge in [-0.15, -0.1) is 11.8 Å². The summed E-state index contributed by atoms with van der Waals surface area (Å²) in [7, 11) is 1.81. The van der Waals surface area contributed by atoms with Crippen LogP contribution < -0.4 is 10.6 Å². The largest absolute Gasteiger partial charge is 0.389 e. The second-order valence-electron chi connectivity index (χ2n) is 4.96. The van der Waals surface area contributed by atoms with Gasteiger partial charge < -0.3 is 10.6 Å². The van der Waals surface area contributed by atoms with Gasteiger partial charge in [0, 0.05) is 18.3 Å². The second kappa shape index (κ2) is 5.51. The minimum atomic E-state index is -0.298. The number of thioether (sulfide) groups is 1. The van der Waals surface area contributed by atoms with E-state index in [0.717, 1.165) is 29.8 Å². The summed E-state index contributed by atoms with van der Waals surface area (Å²) in [6.07, 6.45) is 2.05. The molecule has 0 aliphatic carbocycles. The van der Waals surface area contributed by atoms with E-state index in [1.54, 1.807) is 16.7 Å². The van der Waals surface area contributed by atoms with Crippen molar-refractivity contribution < 1.29 is 4.79 Å². The number of rotatable bonds is 3. The van der Waals surface area contributed by atoms with E-state index in [9.17, 15) is 4.79 Å². The molecule has 1 aliphatic heterocycles. The third kappa shape index (κ3) is 2.92. The smallest absolute Gasteiger partial charge is 0.242 e. The van der Waals surface area contributed by atoms with E-state index >= 15 is 0 Å². The number of anilines is 1. The quantitative estimate of drug-likeness (QED) is 0.870. The van der Waals surface area contributed by atoms with Crippen molar-refractivity contribution >= 4 is 40.6 Å². The van der Waals surface area contributed by atoms with Crippen LogP contribution in [-0.2, 0) is 4.79 Å². The predicted molar refractivity (Wildman–Crippen MR) is 85.8 cm³/mol. The molecule has 19 heavy (non-hydrogen) atoms. The monoisotopic (exact) mass is 294 g/mol. The zero-order chi connectivity index (χ0) is 14.0. The number of amides is 1. The molecule has 1 aliphatic rings. The molecule has 1 fully saturated rings. The molecule has 3 nitrogen and oxygen atoms in total. The van der Waals surface area contributed by atoms with Crippen LogP contribution in [0.4, 0.5) is 5.69 Å². The molecule has 102 valence electrons. The second-order valence-corrected chi connectivity index (χ2v) is 7.00. The van der Waals surface area contributed by atoms with Gasteiger partial charge in [-0.05, 0) is 37.7 Å². The minimum Gasteiger partial charge on any atom is -0.389 e. The summed E-state index contributed by atoms with van der Waals surface area (Å²) in [6, 6.07) is 7.50. The van der Waals surface area contributed by atoms with E-state index in [1.807, 2.05) is 38.2 Å². The molecular weight excluding hydrogens is 276 g/mol. The summed E-state index contributed by atoms with van der Waals surface area (Å²) in [5.41, 5.74) is 7.26. The normalized spacial score (nSPS) is 22.2. The van der Waals surface area contributed by atoms with Gasteiger partial charge in [-0.3, -0.25) is 4.79 Å². The first-order chi connectivity index (χ1) is 8.94. The van der Waals surface area contributed by atoms with Crippen LogP contribution in [0, 0.1) is 0 Å². The van der Waals surface area contributed by atoms with Gasteiger partial charge in [0.2, 0.25) is 5.91 Å². The SMILES string of the molecule is CN(C(=O)C1(C)CCCS1)c1cccc(C(N)=S)c1. The lowest BCUT2D eigenvalue weighted by Crippen LogP contribution is -2.41. The fourth-order valence-corrected chi connectivity index (χ4v) is 3.70. The topological polar surface area (TPSA) is 46.3 Å². The Kier molecular flexibility index (Phi) is 4.16. The highest BCUT2D eigenvalue weighted by molar-refractivity contribution is 8.01. The first kappa shape index (κ1) is 14.3. The maximum absolute atomic E-state index is 12.6. The van der Waals surface area contributed by atoms with Crippen molar-refractivity contribution in [3.63, 3.8) is 0 Å². The number of carbonyl (C=O) groups excluding carboxylic acids is 1. The Balaban J connectivity index is 2.24. The average Bonchev–Trinajstić information content (AvgIpc) is 2.85. The lowest BCUT2D eigenvalue weighted by molar-refractivity contribution is -0.120. The third-order valence-electron chi connectivity index (χ3n) is 3.49. The number of hydrogen-bond acceptors (Lipinski definition) is 3. The molecule has 0 bridgehead atoms. The summed E-state index contributed by atoms with van der Waals surface area (Å²) in [6.45, 7) is 2.03. The molecule has 0 saturated carbocycles. The third-order valence-corrected chi connectivity index (χ3v) is 5.24. The fraction of sp³-hybridized carbons (Fsp3) is 0.429. The van der Waals surface area contributed by atoms with Gasteiger partial charge in [-0.1, -0.05) is 24.4 Å². The highest BCUT2D eigenvalue weighted by Crippen LogP contribution is 2.39. The lowest BCUT2D eigenvalue weighted by atomic mass is 10.0. The number of nitrogens with two attached hydrogens (primary N) is 1. The summed E-state index contributed by atoms with van der Waals surface area (Å²) in [5.74, 6) is 1.21. The molecule has 0 spiro atoms. The van der Waals surface area contributed by atoms with E-state index in [0.29, 0.717) is 4.99 Å². The zero-order valence-corrected chi connectivity index (χ0v) is 12.8. The van der Waals surface area contributed by atoms with Crippen LogP contribution in [-0.4, -0.2) is 28.4 Å². The molecule has 1 aromatic carbocycles. The van der Waals surface area contributed by atoms with Gasteiger partial charge in [0.1, 0.15) is 4.99 Å². The van der Waals surface area contributed by atoms with Gasteiger partial charge in [-0.2, -0.15) is 0 Å². The van der Waals surface area contributed by atoms with Crippen molar-refractivity contribution in [2.24, 2.45) is 5.73 Å². The molecule has 0 aromatic heterocycles. The van der Waals surface area contributed by atoms with Gasteiger partial charge in [-0.25, -0.2) is 0 Å². The van der Waals surface area contributed by atoms with Crippen molar-refractivity contribution in [2.45, 2.75) is 24.5 Å². The summed E-state index contributed by atoms with van der Waals surface area (Å²) in [5, 5.41) is 0. The molecular formula is C14H18N2OS2. The predicted octanol–water partition coefficient (Wildman–Crippen LogP) is 2.57. The van der Waals surface area contributed by atoms with Crippen LogP contribution in [0.25, 0.3) is 0 Å². The van der Waals surface area contributed by atoms with Crippen LogP contribution in [0.5, 0.6) is 0 Å². The first-order valence-electron chi connectivity index (χ1n) is 6.26. The zero-order valence-electron chi connectivity index (χ0n) is 11.2. The van der Waals surface area contributed by atoms with Crippen molar-refractivity contribution in [1.82, 2.24) is 0 Å². The Bertz CT molecular complexity index is 510. The van der Waals surface area contributed by atoms with Crippen molar-refractivity contribution in [3.8, 4) is 0 Å². The Hall–Kier alpha value is -1.07. The number of nitrogens with zero attached hydrogens (tertiary/aromatic N) is 1. The van der Waals surface area contributed by atoms with Crippen LogP contribution >= 0.6 is 24.0 Å². The number of carbonyl (C=O) groups is 1. The fourth-order valence-electron chi connectivity index (χ4n) is 2.29. The summed E-state index contributed by atoms with van der Waals surface area (Å²) in [4.78, 5) is 14.6. The average molecular weight is 294 g/mol. The van der Waals surface area contributed by atoms with Crippen LogP contribution in [0.15, 0.2) is 24.3 Å². The van der Waals surface area contributed by atoms with Gasteiger partial charge >= 0.3 is 0 Å². The van der Waals surface area contributed by atoms with E-state index in [2.05, 4.69) is 0 Å². The van der Waals surface area contributed by atoms with Crippen molar-refractivity contribution in [2.75, 3.05) is 17.7 Å². The molecule has 1 heterocycles. The van der Waals surface area contributed by atoms with E-state index in [-0.39, 0.29) is 10.7 Å². The standard InChI is InChI=1S/C14H18N2OS2/c1-14(7-4-8-19-14)13(17)16(2)11-6-3-5-10(9-11)12(15)18/h3,5-6,9H,4,7-8H2,1-2H3,(H2,15,18). The molecule has 1 amide bonds. The highest BCUT2D eigenvalue weighted by Gasteiger charge is 2.39. The number of hydrogen-bond donors (Lipinski definition) is 1. The summed E-state index contributed by atoms with van der Waals surface area (Å²) < 4.78 is -0.298. The highest BCUT2D eigenvalue weighted by atomic mass is 32.2.